The van der Waals surface area contributed by atoms with Gasteiger partial charge in [-0.3, -0.25) is 0 Å². The van der Waals surface area contributed by atoms with Crippen molar-refractivity contribution in [2.75, 3.05) is 19.8 Å². The van der Waals surface area contributed by atoms with Crippen LogP contribution in [0.5, 0.6) is 5.75 Å². The lowest BCUT2D eigenvalue weighted by molar-refractivity contribution is -0.0166. The minimum atomic E-state index is 0.433. The highest BCUT2D eigenvalue weighted by Gasteiger charge is 2.21. The van der Waals surface area contributed by atoms with Gasteiger partial charge in [-0.05, 0) is 43.0 Å². The number of nitrogens with one attached hydrogen (secondary N) is 1. The Hall–Kier alpha value is -1.06. The summed E-state index contributed by atoms with van der Waals surface area (Å²) in [6.45, 7) is 7.61. The van der Waals surface area contributed by atoms with Crippen molar-refractivity contribution in [3.63, 3.8) is 0 Å². The van der Waals surface area contributed by atoms with Gasteiger partial charge in [0.05, 0.1) is 12.7 Å². The number of benzene rings is 1. The minimum Gasteiger partial charge on any atom is -0.491 e. The van der Waals surface area contributed by atoms with Gasteiger partial charge in [-0.2, -0.15) is 0 Å². The van der Waals surface area contributed by atoms with Gasteiger partial charge in [-0.25, -0.2) is 0 Å². The van der Waals surface area contributed by atoms with E-state index in [1.807, 2.05) is 12.1 Å². The molecule has 21 heavy (non-hydrogen) atoms. The van der Waals surface area contributed by atoms with Gasteiger partial charge in [0, 0.05) is 6.54 Å². The Morgan fingerprint density at radius 3 is 2.86 bits per heavy atom. The highest BCUT2D eigenvalue weighted by Crippen LogP contribution is 2.26. The number of hydrogen-bond donors (Lipinski definition) is 1. The summed E-state index contributed by atoms with van der Waals surface area (Å²) in [4.78, 5) is 0. The van der Waals surface area contributed by atoms with E-state index in [1.165, 1.54) is 31.2 Å². The predicted octanol–water partition coefficient (Wildman–Crippen LogP) is 3.77. The highest BCUT2D eigenvalue weighted by atomic mass is 16.5. The fourth-order valence-electron chi connectivity index (χ4n) is 2.90. The second-order valence-electron chi connectivity index (χ2n) is 5.95. The molecule has 3 heteroatoms. The summed E-state index contributed by atoms with van der Waals surface area (Å²) < 4.78 is 11.8. The smallest absolute Gasteiger partial charge is 0.119 e. The van der Waals surface area contributed by atoms with E-state index < -0.39 is 0 Å². The Morgan fingerprint density at radius 1 is 1.19 bits per heavy atom. The number of hydrogen-bond acceptors (Lipinski definition) is 3. The van der Waals surface area contributed by atoms with Crippen molar-refractivity contribution in [2.24, 2.45) is 5.92 Å². The second kappa shape index (κ2) is 9.06. The third-order valence-electron chi connectivity index (χ3n) is 4.19. The summed E-state index contributed by atoms with van der Waals surface area (Å²) in [6.07, 6.45) is 5.61. The Morgan fingerprint density at radius 2 is 2.05 bits per heavy atom. The van der Waals surface area contributed by atoms with E-state index in [-0.39, 0.29) is 0 Å². The molecule has 1 aromatic rings. The standard InChI is InChI=1S/C18H29NO2/c1-3-19-14-16-8-6-9-17(13-16)20-11-12-21-18-10-5-4-7-15(18)2/h6,8-9,13,15,18-19H,3-5,7,10-12,14H2,1-2H3. The van der Waals surface area contributed by atoms with Crippen molar-refractivity contribution >= 4 is 0 Å². The maximum absolute atomic E-state index is 5.97. The average molecular weight is 291 g/mol. The molecule has 0 aromatic heterocycles. The van der Waals surface area contributed by atoms with E-state index in [9.17, 15) is 0 Å². The van der Waals surface area contributed by atoms with Gasteiger partial charge in [0.2, 0.25) is 0 Å². The molecule has 1 saturated carbocycles. The van der Waals surface area contributed by atoms with E-state index in [0.29, 0.717) is 25.2 Å². The van der Waals surface area contributed by atoms with Crippen LogP contribution < -0.4 is 10.1 Å². The largest absolute Gasteiger partial charge is 0.491 e. The number of ether oxygens (including phenoxy) is 2. The number of rotatable bonds is 8. The van der Waals surface area contributed by atoms with Gasteiger partial charge in [-0.15, -0.1) is 0 Å². The van der Waals surface area contributed by atoms with Crippen molar-refractivity contribution in [3.05, 3.63) is 29.8 Å². The molecule has 1 N–H and O–H groups in total. The molecule has 118 valence electrons. The van der Waals surface area contributed by atoms with Crippen LogP contribution in [-0.2, 0) is 11.3 Å². The molecule has 1 aromatic carbocycles. The molecule has 0 radical (unpaired) electrons. The van der Waals surface area contributed by atoms with Crippen LogP contribution in [0.4, 0.5) is 0 Å². The second-order valence-corrected chi connectivity index (χ2v) is 5.95. The highest BCUT2D eigenvalue weighted by molar-refractivity contribution is 5.28. The summed E-state index contributed by atoms with van der Waals surface area (Å²) in [5.41, 5.74) is 1.26. The van der Waals surface area contributed by atoms with Gasteiger partial charge in [0.1, 0.15) is 12.4 Å². The first-order chi connectivity index (χ1) is 10.3. The van der Waals surface area contributed by atoms with Crippen LogP contribution in [0.3, 0.4) is 0 Å². The average Bonchev–Trinajstić information content (AvgIpc) is 2.51. The first-order valence-electron chi connectivity index (χ1n) is 8.33. The van der Waals surface area contributed by atoms with Gasteiger partial charge in [0.25, 0.3) is 0 Å². The molecule has 0 bridgehead atoms. The third-order valence-corrected chi connectivity index (χ3v) is 4.19. The summed E-state index contributed by atoms with van der Waals surface area (Å²) in [6, 6.07) is 8.28. The molecule has 2 rings (SSSR count). The summed E-state index contributed by atoms with van der Waals surface area (Å²) >= 11 is 0. The van der Waals surface area contributed by atoms with Crippen molar-refractivity contribution in [1.82, 2.24) is 5.32 Å². The molecular weight excluding hydrogens is 262 g/mol. The molecular formula is C18H29NO2. The molecule has 0 heterocycles. The lowest BCUT2D eigenvalue weighted by Gasteiger charge is -2.28. The van der Waals surface area contributed by atoms with Crippen molar-refractivity contribution in [1.29, 1.82) is 0 Å². The molecule has 2 atom stereocenters. The Labute approximate surface area is 129 Å². The van der Waals surface area contributed by atoms with Crippen LogP contribution in [0.15, 0.2) is 24.3 Å². The van der Waals surface area contributed by atoms with Crippen LogP contribution in [0.25, 0.3) is 0 Å². The van der Waals surface area contributed by atoms with E-state index in [0.717, 1.165) is 18.8 Å². The summed E-state index contributed by atoms with van der Waals surface area (Å²) in [5.74, 6) is 1.63. The fourth-order valence-corrected chi connectivity index (χ4v) is 2.90. The van der Waals surface area contributed by atoms with Crippen molar-refractivity contribution in [2.45, 2.75) is 52.2 Å². The maximum Gasteiger partial charge on any atom is 0.119 e. The first-order valence-corrected chi connectivity index (χ1v) is 8.33. The zero-order valence-electron chi connectivity index (χ0n) is 13.4. The van der Waals surface area contributed by atoms with Crippen LogP contribution in [0.1, 0.15) is 45.1 Å². The predicted molar refractivity (Wildman–Crippen MR) is 86.7 cm³/mol. The monoisotopic (exact) mass is 291 g/mol. The minimum absolute atomic E-state index is 0.433. The molecule has 2 unspecified atom stereocenters. The molecule has 1 aliphatic rings. The summed E-state index contributed by atoms with van der Waals surface area (Å²) in [5, 5.41) is 3.33. The van der Waals surface area contributed by atoms with Crippen LogP contribution in [0, 0.1) is 5.92 Å². The zero-order valence-corrected chi connectivity index (χ0v) is 13.4. The normalized spacial score (nSPS) is 22.2. The van der Waals surface area contributed by atoms with Gasteiger partial charge >= 0.3 is 0 Å². The molecule has 3 nitrogen and oxygen atoms in total. The Bertz CT molecular complexity index is 408. The van der Waals surface area contributed by atoms with Gasteiger partial charge in [-0.1, -0.05) is 38.8 Å². The molecule has 1 aliphatic carbocycles. The van der Waals surface area contributed by atoms with Crippen LogP contribution in [0.2, 0.25) is 0 Å². The topological polar surface area (TPSA) is 30.5 Å². The molecule has 1 fully saturated rings. The maximum atomic E-state index is 5.97. The molecule has 0 amide bonds. The molecule has 0 saturated heterocycles. The zero-order chi connectivity index (χ0) is 14.9. The van der Waals surface area contributed by atoms with Gasteiger partial charge in [0.15, 0.2) is 0 Å². The van der Waals surface area contributed by atoms with E-state index in [2.05, 4.69) is 31.3 Å². The first kappa shape index (κ1) is 16.3. The molecule has 0 aliphatic heterocycles. The van der Waals surface area contributed by atoms with E-state index in [1.54, 1.807) is 0 Å². The van der Waals surface area contributed by atoms with Crippen molar-refractivity contribution < 1.29 is 9.47 Å². The van der Waals surface area contributed by atoms with E-state index >= 15 is 0 Å². The quantitative estimate of drug-likeness (QED) is 0.740. The van der Waals surface area contributed by atoms with Crippen LogP contribution >= 0.6 is 0 Å². The van der Waals surface area contributed by atoms with Gasteiger partial charge < -0.3 is 14.8 Å². The van der Waals surface area contributed by atoms with Crippen LogP contribution in [-0.4, -0.2) is 25.9 Å². The van der Waals surface area contributed by atoms with Crippen molar-refractivity contribution in [3.8, 4) is 5.75 Å². The summed E-state index contributed by atoms with van der Waals surface area (Å²) in [7, 11) is 0. The SMILES string of the molecule is CCNCc1cccc(OCCOC2CCCCC2C)c1. The third kappa shape index (κ3) is 5.68. The fraction of sp³-hybridized carbons (Fsp3) is 0.667. The lowest BCUT2D eigenvalue weighted by Crippen LogP contribution is -2.27. The molecule has 0 spiro atoms. The Kier molecular flexibility index (Phi) is 7.04. The Balaban J connectivity index is 1.68. The van der Waals surface area contributed by atoms with E-state index in [4.69, 9.17) is 9.47 Å². The lowest BCUT2D eigenvalue weighted by atomic mass is 9.88.